The number of amides is 1. The lowest BCUT2D eigenvalue weighted by atomic mass is 10.0. The highest BCUT2D eigenvalue weighted by Crippen LogP contribution is 2.09. The third kappa shape index (κ3) is 3.41. The van der Waals surface area contributed by atoms with Gasteiger partial charge in [-0.05, 0) is 13.8 Å². The molecule has 0 aliphatic heterocycles. The quantitative estimate of drug-likeness (QED) is 0.671. The highest BCUT2D eigenvalue weighted by Gasteiger charge is 2.24. The maximum absolute atomic E-state index is 11.5. The number of carboxylic acids is 1. The fourth-order valence-corrected chi connectivity index (χ4v) is 1.18. The Morgan fingerprint density at radius 3 is 2.73 bits per heavy atom. The molecular formula is C9H13N3O3. The molecule has 1 aromatic rings. The van der Waals surface area contributed by atoms with Gasteiger partial charge in [-0.2, -0.15) is 0 Å². The van der Waals surface area contributed by atoms with Crippen molar-refractivity contribution in [3.8, 4) is 0 Å². The van der Waals surface area contributed by atoms with Crippen LogP contribution in [0.5, 0.6) is 0 Å². The van der Waals surface area contributed by atoms with E-state index in [1.54, 1.807) is 13.8 Å². The number of aromatic amines is 1. The number of aliphatic carboxylic acids is 1. The number of nitrogens with one attached hydrogen (secondary N) is 2. The van der Waals surface area contributed by atoms with Gasteiger partial charge in [0.25, 0.3) is 5.91 Å². The first kappa shape index (κ1) is 11.2. The predicted molar refractivity (Wildman–Crippen MR) is 52.4 cm³/mol. The number of nitrogens with zero attached hydrogens (tertiary/aromatic N) is 1. The number of H-pyrrole nitrogens is 1. The molecule has 0 spiro atoms. The molecule has 15 heavy (non-hydrogen) atoms. The van der Waals surface area contributed by atoms with E-state index in [1.165, 1.54) is 12.5 Å². The number of imidazole rings is 1. The zero-order chi connectivity index (χ0) is 11.5. The summed E-state index contributed by atoms with van der Waals surface area (Å²) >= 11 is 0. The molecule has 1 heterocycles. The van der Waals surface area contributed by atoms with Gasteiger partial charge < -0.3 is 15.4 Å². The van der Waals surface area contributed by atoms with E-state index in [0.29, 0.717) is 5.69 Å². The molecule has 0 aromatic carbocycles. The first-order valence-electron chi connectivity index (χ1n) is 4.43. The maximum atomic E-state index is 11.5. The summed E-state index contributed by atoms with van der Waals surface area (Å²) in [6, 6.07) is 0. The van der Waals surface area contributed by atoms with Crippen LogP contribution >= 0.6 is 0 Å². The van der Waals surface area contributed by atoms with Gasteiger partial charge in [0.05, 0.1) is 18.9 Å². The molecule has 0 fully saturated rings. The topological polar surface area (TPSA) is 95.1 Å². The molecule has 1 rings (SSSR count). The van der Waals surface area contributed by atoms with Crippen LogP contribution in [0.1, 0.15) is 30.8 Å². The van der Waals surface area contributed by atoms with Crippen molar-refractivity contribution in [1.29, 1.82) is 0 Å². The molecule has 1 aromatic heterocycles. The second-order valence-electron chi connectivity index (χ2n) is 3.87. The van der Waals surface area contributed by atoms with Gasteiger partial charge in [0.1, 0.15) is 5.69 Å². The number of carbonyl (C=O) groups is 2. The molecule has 6 heteroatoms. The maximum Gasteiger partial charge on any atom is 0.305 e. The van der Waals surface area contributed by atoms with Crippen LogP contribution in [0.25, 0.3) is 0 Å². The highest BCUT2D eigenvalue weighted by atomic mass is 16.4. The number of rotatable bonds is 4. The molecule has 0 aliphatic rings. The van der Waals surface area contributed by atoms with E-state index in [1.807, 2.05) is 0 Å². The van der Waals surface area contributed by atoms with Crippen LogP contribution in [0.3, 0.4) is 0 Å². The standard InChI is InChI=1S/C9H13N3O3/c1-9(2,3-7(13)14)12-8(15)6-4-10-5-11-6/h4-5H,3H2,1-2H3,(H,10,11)(H,12,15)(H,13,14). The molecule has 1 amide bonds. The van der Waals surface area contributed by atoms with Gasteiger partial charge in [0.2, 0.25) is 0 Å². The lowest BCUT2D eigenvalue weighted by Gasteiger charge is -2.23. The van der Waals surface area contributed by atoms with Gasteiger partial charge in [-0.3, -0.25) is 9.59 Å². The summed E-state index contributed by atoms with van der Waals surface area (Å²) in [6.07, 6.45) is 2.64. The minimum atomic E-state index is -0.954. The Kier molecular flexibility index (Phi) is 3.08. The number of hydrogen-bond donors (Lipinski definition) is 3. The Balaban J connectivity index is 2.61. The van der Waals surface area contributed by atoms with E-state index in [2.05, 4.69) is 15.3 Å². The number of carboxylic acid groups (broad SMARTS) is 1. The zero-order valence-electron chi connectivity index (χ0n) is 8.57. The van der Waals surface area contributed by atoms with Crippen molar-refractivity contribution in [2.75, 3.05) is 0 Å². The van der Waals surface area contributed by atoms with Crippen molar-refractivity contribution in [3.05, 3.63) is 18.2 Å². The van der Waals surface area contributed by atoms with Crippen LogP contribution in [-0.4, -0.2) is 32.5 Å². The lowest BCUT2D eigenvalue weighted by Crippen LogP contribution is -2.45. The van der Waals surface area contributed by atoms with E-state index in [9.17, 15) is 9.59 Å². The molecule has 0 atom stereocenters. The van der Waals surface area contributed by atoms with Crippen LogP contribution in [0.15, 0.2) is 12.5 Å². The third-order valence-electron chi connectivity index (χ3n) is 1.79. The highest BCUT2D eigenvalue weighted by molar-refractivity contribution is 5.92. The predicted octanol–water partition coefficient (Wildman–Crippen LogP) is 0.393. The van der Waals surface area contributed by atoms with Crippen LogP contribution in [0, 0.1) is 0 Å². The molecule has 6 nitrogen and oxygen atoms in total. The zero-order valence-corrected chi connectivity index (χ0v) is 8.57. The molecule has 0 saturated heterocycles. The van der Waals surface area contributed by atoms with Crippen LogP contribution in [0.4, 0.5) is 0 Å². The average Bonchev–Trinajstić information content (AvgIpc) is 2.50. The lowest BCUT2D eigenvalue weighted by molar-refractivity contribution is -0.138. The number of aromatic nitrogens is 2. The Labute approximate surface area is 86.7 Å². The van der Waals surface area contributed by atoms with Crippen LogP contribution < -0.4 is 5.32 Å². The smallest absolute Gasteiger partial charge is 0.305 e. The summed E-state index contributed by atoms with van der Waals surface area (Å²) in [5, 5.41) is 11.2. The monoisotopic (exact) mass is 211 g/mol. The first-order chi connectivity index (χ1) is 6.91. The summed E-state index contributed by atoms with van der Waals surface area (Å²) < 4.78 is 0. The first-order valence-corrected chi connectivity index (χ1v) is 4.43. The van der Waals surface area contributed by atoms with Crippen molar-refractivity contribution < 1.29 is 14.7 Å². The van der Waals surface area contributed by atoms with Crippen molar-refractivity contribution in [2.24, 2.45) is 0 Å². The van der Waals surface area contributed by atoms with Crippen molar-refractivity contribution >= 4 is 11.9 Å². The van der Waals surface area contributed by atoms with E-state index in [4.69, 9.17) is 5.11 Å². The van der Waals surface area contributed by atoms with Gasteiger partial charge in [0, 0.05) is 5.54 Å². The van der Waals surface area contributed by atoms with E-state index in [-0.39, 0.29) is 12.3 Å². The minimum Gasteiger partial charge on any atom is -0.481 e. The van der Waals surface area contributed by atoms with Crippen LogP contribution in [-0.2, 0) is 4.79 Å². The van der Waals surface area contributed by atoms with E-state index < -0.39 is 11.5 Å². The fourth-order valence-electron chi connectivity index (χ4n) is 1.18. The molecule has 0 bridgehead atoms. The Bertz CT molecular complexity index is 357. The summed E-state index contributed by atoms with van der Waals surface area (Å²) in [4.78, 5) is 28.4. The van der Waals surface area contributed by atoms with Gasteiger partial charge in [-0.15, -0.1) is 0 Å². The second kappa shape index (κ2) is 4.12. The van der Waals surface area contributed by atoms with E-state index in [0.717, 1.165) is 0 Å². The Morgan fingerprint density at radius 2 is 2.27 bits per heavy atom. The number of carbonyl (C=O) groups excluding carboxylic acids is 1. The fraction of sp³-hybridized carbons (Fsp3) is 0.444. The Morgan fingerprint density at radius 1 is 1.60 bits per heavy atom. The van der Waals surface area contributed by atoms with Crippen molar-refractivity contribution in [1.82, 2.24) is 15.3 Å². The second-order valence-corrected chi connectivity index (χ2v) is 3.87. The summed E-state index contributed by atoms with van der Waals surface area (Å²) in [5.74, 6) is -1.32. The molecule has 82 valence electrons. The minimum absolute atomic E-state index is 0.132. The molecule has 0 radical (unpaired) electrons. The molecule has 0 unspecified atom stereocenters. The van der Waals surface area contributed by atoms with Gasteiger partial charge in [-0.1, -0.05) is 0 Å². The van der Waals surface area contributed by atoms with E-state index >= 15 is 0 Å². The molecule has 0 aliphatic carbocycles. The third-order valence-corrected chi connectivity index (χ3v) is 1.79. The largest absolute Gasteiger partial charge is 0.481 e. The van der Waals surface area contributed by atoms with Gasteiger partial charge in [0.15, 0.2) is 0 Å². The summed E-state index contributed by atoms with van der Waals surface area (Å²) in [6.45, 7) is 3.30. The molecular weight excluding hydrogens is 198 g/mol. The van der Waals surface area contributed by atoms with Crippen LogP contribution in [0.2, 0.25) is 0 Å². The van der Waals surface area contributed by atoms with Gasteiger partial charge >= 0.3 is 5.97 Å². The average molecular weight is 211 g/mol. The summed E-state index contributed by atoms with van der Waals surface area (Å²) in [5.41, 5.74) is -0.470. The normalized spacial score (nSPS) is 11.1. The van der Waals surface area contributed by atoms with Crippen molar-refractivity contribution in [3.63, 3.8) is 0 Å². The number of hydrogen-bond acceptors (Lipinski definition) is 3. The molecule has 3 N–H and O–H groups in total. The summed E-state index contributed by atoms with van der Waals surface area (Å²) in [7, 11) is 0. The van der Waals surface area contributed by atoms with Gasteiger partial charge in [-0.25, -0.2) is 4.98 Å². The molecule has 0 saturated carbocycles. The van der Waals surface area contributed by atoms with Crippen molar-refractivity contribution in [2.45, 2.75) is 25.8 Å². The SMILES string of the molecule is CC(C)(CC(=O)O)NC(=O)c1cnc[nH]1. The Hall–Kier alpha value is -1.85.